The number of aromatic nitrogens is 2. The quantitative estimate of drug-likeness (QED) is 0.426. The van der Waals surface area contributed by atoms with Gasteiger partial charge in [-0.3, -0.25) is 4.68 Å². The summed E-state index contributed by atoms with van der Waals surface area (Å²) in [5, 5.41) is 35.6. The maximum Gasteiger partial charge on any atom is 0.508 e. The highest BCUT2D eigenvalue weighted by Crippen LogP contribution is 2.31. The molecule has 200 valence electrons. The first kappa shape index (κ1) is 27.7. The number of benzene rings is 1. The number of nitrogens with zero attached hydrogens (tertiary/aromatic N) is 2. The summed E-state index contributed by atoms with van der Waals surface area (Å²) in [6.45, 7) is 7.35. The second-order valence-corrected chi connectivity index (χ2v) is 8.68. The first-order valence-electron chi connectivity index (χ1n) is 11.6. The molecule has 36 heavy (non-hydrogen) atoms. The van der Waals surface area contributed by atoms with Crippen molar-refractivity contribution in [2.24, 2.45) is 0 Å². The molecule has 0 radical (unpaired) electrons. The Morgan fingerprint density at radius 1 is 1.22 bits per heavy atom. The monoisotopic (exact) mass is 512 g/mol. The molecule has 0 bridgehead atoms. The van der Waals surface area contributed by atoms with Crippen LogP contribution in [-0.4, -0.2) is 82.3 Å². The van der Waals surface area contributed by atoms with Gasteiger partial charge in [-0.05, 0) is 45.4 Å². The molecule has 2 aromatic rings. The standard InChI is InChI=1S/C24H33FN2O9/c1-6-33-17-8-7-14(10-16(17)25)9-15-13(4)27(12(2)3)26-22(15)36-23-21(30)20(29)19(28)18(35-23)11-34-24(31)32-5/h7-8,10,12,18-21,23,28-30H,6,9,11H2,1-5H3/t18-,19-,20+,21-,23?/m1/s1. The van der Waals surface area contributed by atoms with Crippen molar-refractivity contribution in [1.29, 1.82) is 0 Å². The van der Waals surface area contributed by atoms with E-state index in [4.69, 9.17) is 18.9 Å². The Hall–Kier alpha value is -2.93. The Bertz CT molecular complexity index is 1040. The molecule has 5 atom stereocenters. The molecule has 1 aromatic heterocycles. The van der Waals surface area contributed by atoms with Gasteiger partial charge in [0.25, 0.3) is 0 Å². The van der Waals surface area contributed by atoms with Crippen LogP contribution in [0.3, 0.4) is 0 Å². The van der Waals surface area contributed by atoms with Gasteiger partial charge in [-0.25, -0.2) is 9.18 Å². The van der Waals surface area contributed by atoms with Gasteiger partial charge in [0.15, 0.2) is 11.6 Å². The number of hydrogen-bond donors (Lipinski definition) is 3. The van der Waals surface area contributed by atoms with Crippen molar-refractivity contribution in [1.82, 2.24) is 9.78 Å². The maximum atomic E-state index is 14.4. The number of rotatable bonds is 9. The third-order valence-electron chi connectivity index (χ3n) is 5.83. The molecule has 3 rings (SSSR count). The molecular formula is C24H33FN2O9. The van der Waals surface area contributed by atoms with E-state index in [2.05, 4.69) is 9.84 Å². The van der Waals surface area contributed by atoms with Gasteiger partial charge in [-0.1, -0.05) is 6.07 Å². The van der Waals surface area contributed by atoms with Crippen molar-refractivity contribution < 1.29 is 48.2 Å². The fourth-order valence-corrected chi connectivity index (χ4v) is 3.93. The second kappa shape index (κ2) is 11.9. The van der Waals surface area contributed by atoms with E-state index >= 15 is 0 Å². The Morgan fingerprint density at radius 2 is 1.94 bits per heavy atom. The summed E-state index contributed by atoms with van der Waals surface area (Å²) in [6, 6.07) is 4.61. The largest absolute Gasteiger partial charge is 0.508 e. The number of hydrogen-bond acceptors (Lipinski definition) is 10. The van der Waals surface area contributed by atoms with Crippen molar-refractivity contribution in [2.75, 3.05) is 20.3 Å². The molecule has 1 saturated heterocycles. The molecule has 0 aliphatic carbocycles. The van der Waals surface area contributed by atoms with Crippen molar-refractivity contribution in [3.63, 3.8) is 0 Å². The van der Waals surface area contributed by atoms with Crippen LogP contribution in [0, 0.1) is 12.7 Å². The fraction of sp³-hybridized carbons (Fsp3) is 0.583. The van der Waals surface area contributed by atoms with E-state index in [1.165, 1.54) is 6.07 Å². The van der Waals surface area contributed by atoms with E-state index < -0.39 is 49.3 Å². The van der Waals surface area contributed by atoms with Crippen LogP contribution < -0.4 is 9.47 Å². The van der Waals surface area contributed by atoms with Crippen molar-refractivity contribution in [3.05, 3.63) is 40.8 Å². The summed E-state index contributed by atoms with van der Waals surface area (Å²) in [7, 11) is 1.12. The lowest BCUT2D eigenvalue weighted by atomic mass is 9.99. The van der Waals surface area contributed by atoms with E-state index in [0.717, 1.165) is 12.8 Å². The third-order valence-corrected chi connectivity index (χ3v) is 5.83. The van der Waals surface area contributed by atoms with Gasteiger partial charge < -0.3 is 39.0 Å². The van der Waals surface area contributed by atoms with Gasteiger partial charge in [0.1, 0.15) is 31.0 Å². The average molecular weight is 513 g/mol. The summed E-state index contributed by atoms with van der Waals surface area (Å²) in [5.74, 6) is -0.239. The Morgan fingerprint density at radius 3 is 2.56 bits per heavy atom. The van der Waals surface area contributed by atoms with Gasteiger partial charge in [-0.15, -0.1) is 5.10 Å². The minimum absolute atomic E-state index is 0.0380. The lowest BCUT2D eigenvalue weighted by Crippen LogP contribution is -2.60. The highest BCUT2D eigenvalue weighted by Gasteiger charge is 2.46. The summed E-state index contributed by atoms with van der Waals surface area (Å²) in [4.78, 5) is 11.3. The van der Waals surface area contributed by atoms with Crippen LogP contribution in [0.4, 0.5) is 9.18 Å². The van der Waals surface area contributed by atoms with Gasteiger partial charge >= 0.3 is 6.16 Å². The number of carbonyl (C=O) groups is 1. The lowest BCUT2D eigenvalue weighted by Gasteiger charge is -2.39. The van der Waals surface area contributed by atoms with Crippen LogP contribution in [0.1, 0.15) is 43.6 Å². The number of carbonyl (C=O) groups excluding carboxylic acids is 1. The molecule has 1 unspecified atom stereocenters. The summed E-state index contributed by atoms with van der Waals surface area (Å²) >= 11 is 0. The molecule has 0 saturated carbocycles. The minimum Gasteiger partial charge on any atom is -0.491 e. The molecule has 3 N–H and O–H groups in total. The van der Waals surface area contributed by atoms with Crippen LogP contribution in [0.25, 0.3) is 0 Å². The van der Waals surface area contributed by atoms with E-state index in [9.17, 15) is 24.5 Å². The molecule has 1 aromatic carbocycles. The van der Waals surface area contributed by atoms with Gasteiger partial charge in [-0.2, -0.15) is 0 Å². The number of aliphatic hydroxyl groups excluding tert-OH is 3. The van der Waals surface area contributed by atoms with Crippen LogP contribution >= 0.6 is 0 Å². The zero-order chi connectivity index (χ0) is 26.6. The average Bonchev–Trinajstić information content (AvgIpc) is 3.15. The first-order chi connectivity index (χ1) is 17.1. The number of methoxy groups -OCH3 is 1. The van der Waals surface area contributed by atoms with E-state index in [1.807, 2.05) is 20.8 Å². The smallest absolute Gasteiger partial charge is 0.491 e. The van der Waals surface area contributed by atoms with E-state index in [0.29, 0.717) is 17.7 Å². The SMILES string of the molecule is CCOc1ccc(Cc2c(OC3O[C@H](COC(=O)OC)[C@@H](O)[C@H](O)[C@H]3O)nn(C(C)C)c2C)cc1F. The maximum absolute atomic E-state index is 14.4. The molecule has 0 spiro atoms. The third kappa shape index (κ3) is 6.06. The number of halogens is 1. The highest BCUT2D eigenvalue weighted by molar-refractivity contribution is 5.59. The van der Waals surface area contributed by atoms with Gasteiger partial charge in [0.2, 0.25) is 12.2 Å². The predicted molar refractivity (Wildman–Crippen MR) is 123 cm³/mol. The fourth-order valence-electron chi connectivity index (χ4n) is 3.93. The molecule has 11 nitrogen and oxygen atoms in total. The summed E-state index contributed by atoms with van der Waals surface area (Å²) in [6.07, 6.45) is -8.22. The van der Waals surface area contributed by atoms with Crippen LogP contribution in [0.2, 0.25) is 0 Å². The van der Waals surface area contributed by atoms with Gasteiger partial charge in [0, 0.05) is 23.7 Å². The number of ether oxygens (including phenoxy) is 5. The molecule has 12 heteroatoms. The van der Waals surface area contributed by atoms with Crippen LogP contribution in [0.15, 0.2) is 18.2 Å². The zero-order valence-electron chi connectivity index (χ0n) is 20.9. The van der Waals surface area contributed by atoms with Crippen molar-refractivity contribution >= 4 is 6.16 Å². The van der Waals surface area contributed by atoms with Crippen molar-refractivity contribution in [3.8, 4) is 11.6 Å². The molecule has 0 amide bonds. The molecule has 2 heterocycles. The molecule has 1 aliphatic rings. The Kier molecular flexibility index (Phi) is 9.12. The number of aliphatic hydroxyl groups is 3. The predicted octanol–water partition coefficient (Wildman–Crippen LogP) is 1.87. The summed E-state index contributed by atoms with van der Waals surface area (Å²) in [5.41, 5.74) is 2.01. The van der Waals surface area contributed by atoms with Crippen LogP contribution in [-0.2, 0) is 20.6 Å². The lowest BCUT2D eigenvalue weighted by molar-refractivity contribution is -0.278. The Labute approximate surface area is 208 Å². The summed E-state index contributed by atoms with van der Waals surface area (Å²) < 4.78 is 42.2. The topological polar surface area (TPSA) is 142 Å². The second-order valence-electron chi connectivity index (χ2n) is 8.68. The minimum atomic E-state index is -1.65. The Balaban J connectivity index is 1.87. The van der Waals surface area contributed by atoms with E-state index in [-0.39, 0.29) is 24.1 Å². The van der Waals surface area contributed by atoms with Crippen molar-refractivity contribution in [2.45, 2.75) is 70.9 Å². The highest BCUT2D eigenvalue weighted by atomic mass is 19.1. The van der Waals surface area contributed by atoms with Crippen LogP contribution in [0.5, 0.6) is 11.6 Å². The molecule has 1 aliphatic heterocycles. The first-order valence-corrected chi connectivity index (χ1v) is 11.6. The normalized spacial score (nSPS) is 24.0. The molecular weight excluding hydrogens is 479 g/mol. The zero-order valence-corrected chi connectivity index (χ0v) is 20.9. The van der Waals surface area contributed by atoms with Gasteiger partial charge in [0.05, 0.1) is 13.7 Å². The van der Waals surface area contributed by atoms with E-state index in [1.54, 1.807) is 23.7 Å². The molecule has 1 fully saturated rings.